The molecular weight excluding hydrogens is 434 g/mol. The Morgan fingerprint density at radius 1 is 1.03 bits per heavy atom. The number of carbonyl (C=O) groups is 3. The molecule has 0 fully saturated rings. The van der Waals surface area contributed by atoms with Crippen LogP contribution in [0.3, 0.4) is 0 Å². The molecule has 0 heterocycles. The molecule has 0 saturated heterocycles. The number of carbonyl (C=O) groups excluding carboxylic acids is 2. The highest BCUT2D eigenvalue weighted by atomic mass is 19.3. The zero-order valence-electron chi connectivity index (χ0n) is 18.1. The molecular formula is C24H26F2N2O5. The Hall–Kier alpha value is -3.49. The van der Waals surface area contributed by atoms with Crippen LogP contribution in [0.25, 0.3) is 11.1 Å². The summed E-state index contributed by atoms with van der Waals surface area (Å²) in [5.41, 5.74) is 4.32. The summed E-state index contributed by atoms with van der Waals surface area (Å²) >= 11 is 0. The van der Waals surface area contributed by atoms with Gasteiger partial charge in [-0.1, -0.05) is 55.5 Å². The number of ether oxygens (including phenoxy) is 1. The van der Waals surface area contributed by atoms with Crippen LogP contribution in [0.1, 0.15) is 36.8 Å². The molecule has 0 aromatic heterocycles. The minimum Gasteiger partial charge on any atom is -0.481 e. The number of carboxylic acids is 1. The summed E-state index contributed by atoms with van der Waals surface area (Å²) in [6.07, 6.45) is -4.37. The van der Waals surface area contributed by atoms with Gasteiger partial charge in [-0.15, -0.1) is 0 Å². The molecule has 0 saturated carbocycles. The van der Waals surface area contributed by atoms with Crippen LogP contribution in [0.15, 0.2) is 48.5 Å². The van der Waals surface area contributed by atoms with Gasteiger partial charge in [-0.25, -0.2) is 13.6 Å². The number of aliphatic carboxylic acids is 1. The summed E-state index contributed by atoms with van der Waals surface area (Å²) in [5.74, 6) is -3.11. The third-order valence-corrected chi connectivity index (χ3v) is 5.73. The van der Waals surface area contributed by atoms with Gasteiger partial charge in [0.05, 0.1) is 12.3 Å². The van der Waals surface area contributed by atoms with Gasteiger partial charge in [0.15, 0.2) is 0 Å². The maximum absolute atomic E-state index is 13.0. The number of amides is 2. The van der Waals surface area contributed by atoms with Crippen molar-refractivity contribution in [1.82, 2.24) is 10.6 Å². The van der Waals surface area contributed by atoms with E-state index in [1.807, 2.05) is 48.5 Å². The van der Waals surface area contributed by atoms with Crippen LogP contribution in [0, 0.1) is 5.92 Å². The molecule has 0 aliphatic heterocycles. The van der Waals surface area contributed by atoms with Crippen LogP contribution in [0.4, 0.5) is 13.6 Å². The first-order valence-corrected chi connectivity index (χ1v) is 10.7. The number of benzene rings is 2. The Balaban J connectivity index is 1.54. The van der Waals surface area contributed by atoms with E-state index in [-0.39, 0.29) is 25.5 Å². The molecule has 33 heavy (non-hydrogen) atoms. The maximum Gasteiger partial charge on any atom is 0.407 e. The number of nitrogens with one attached hydrogen (secondary N) is 2. The molecule has 7 nitrogen and oxygen atoms in total. The minimum atomic E-state index is -3.02. The minimum absolute atomic E-state index is 0.106. The molecule has 0 bridgehead atoms. The van der Waals surface area contributed by atoms with Crippen molar-refractivity contribution in [3.8, 4) is 11.1 Å². The molecule has 1 aliphatic carbocycles. The van der Waals surface area contributed by atoms with Gasteiger partial charge >= 0.3 is 12.1 Å². The molecule has 9 heteroatoms. The number of alkyl carbamates (subject to hydrolysis) is 1. The van der Waals surface area contributed by atoms with E-state index in [0.717, 1.165) is 22.3 Å². The lowest BCUT2D eigenvalue weighted by Crippen LogP contribution is -2.46. The molecule has 2 amide bonds. The summed E-state index contributed by atoms with van der Waals surface area (Å²) < 4.78 is 31.4. The van der Waals surface area contributed by atoms with Crippen molar-refractivity contribution in [2.45, 2.75) is 38.2 Å². The highest BCUT2D eigenvalue weighted by molar-refractivity contribution is 5.81. The van der Waals surface area contributed by atoms with E-state index in [9.17, 15) is 23.2 Å². The maximum atomic E-state index is 13.0. The van der Waals surface area contributed by atoms with Gasteiger partial charge in [0.1, 0.15) is 12.6 Å². The fraction of sp³-hybridized carbons (Fsp3) is 0.375. The van der Waals surface area contributed by atoms with Gasteiger partial charge in [-0.2, -0.15) is 0 Å². The second-order valence-corrected chi connectivity index (χ2v) is 7.86. The van der Waals surface area contributed by atoms with Crippen molar-refractivity contribution in [3.05, 3.63) is 59.7 Å². The molecule has 3 N–H and O–H groups in total. The third kappa shape index (κ3) is 5.85. The second-order valence-electron chi connectivity index (χ2n) is 7.86. The normalized spacial score (nSPS) is 14.2. The number of halogens is 2. The van der Waals surface area contributed by atoms with Crippen LogP contribution in [0.5, 0.6) is 0 Å². The van der Waals surface area contributed by atoms with E-state index >= 15 is 0 Å². The van der Waals surface area contributed by atoms with E-state index in [2.05, 4.69) is 10.6 Å². The quantitative estimate of drug-likeness (QED) is 0.501. The molecule has 0 radical (unpaired) electrons. The average molecular weight is 460 g/mol. The predicted octanol–water partition coefficient (Wildman–Crippen LogP) is 3.78. The highest BCUT2D eigenvalue weighted by Gasteiger charge is 2.30. The number of hydrogen-bond donors (Lipinski definition) is 3. The summed E-state index contributed by atoms with van der Waals surface area (Å²) in [7, 11) is 0. The first kappa shape index (κ1) is 24.2. The predicted molar refractivity (Wildman–Crippen MR) is 117 cm³/mol. The summed E-state index contributed by atoms with van der Waals surface area (Å²) in [5, 5.41) is 13.3. The van der Waals surface area contributed by atoms with Gasteiger partial charge in [-0.3, -0.25) is 9.59 Å². The Bertz CT molecular complexity index is 968. The monoisotopic (exact) mass is 460 g/mol. The van der Waals surface area contributed by atoms with Crippen LogP contribution >= 0.6 is 0 Å². The number of rotatable bonds is 10. The zero-order valence-corrected chi connectivity index (χ0v) is 18.1. The van der Waals surface area contributed by atoms with Gasteiger partial charge in [0, 0.05) is 12.5 Å². The van der Waals surface area contributed by atoms with Crippen molar-refractivity contribution in [2.24, 2.45) is 5.92 Å². The number of fused-ring (bicyclic) bond motifs is 3. The fourth-order valence-corrected chi connectivity index (χ4v) is 3.97. The molecule has 2 unspecified atom stereocenters. The summed E-state index contributed by atoms with van der Waals surface area (Å²) in [4.78, 5) is 35.3. The van der Waals surface area contributed by atoms with Crippen molar-refractivity contribution in [2.75, 3.05) is 13.2 Å². The van der Waals surface area contributed by atoms with Crippen molar-refractivity contribution < 1.29 is 33.0 Å². The standard InChI is InChI=1S/C24H26F2N2O5/c1-2-14(23(31)28-20(22(25)26)11-21(29)30)12-27-24(32)33-13-19-17-9-5-3-7-15(17)16-8-4-6-10-18(16)19/h3-10,14,19-20,22H,2,11-13H2,1H3,(H,27,32)(H,28,31)(H,29,30). The zero-order chi connectivity index (χ0) is 24.0. The van der Waals surface area contributed by atoms with E-state index in [0.29, 0.717) is 0 Å². The molecule has 2 aromatic carbocycles. The van der Waals surface area contributed by atoms with Crippen molar-refractivity contribution in [3.63, 3.8) is 0 Å². The second kappa shape index (κ2) is 10.9. The van der Waals surface area contributed by atoms with Crippen molar-refractivity contribution >= 4 is 18.0 Å². The Kier molecular flexibility index (Phi) is 7.97. The SMILES string of the molecule is CCC(CNC(=O)OCC1c2ccccc2-c2ccccc21)C(=O)NC(CC(=O)O)C(F)F. The van der Waals surface area contributed by atoms with E-state index in [4.69, 9.17) is 9.84 Å². The summed E-state index contributed by atoms with van der Waals surface area (Å²) in [6, 6.07) is 14.0. The number of hydrogen-bond acceptors (Lipinski definition) is 4. The van der Waals surface area contributed by atoms with E-state index in [1.165, 1.54) is 0 Å². The lowest BCUT2D eigenvalue weighted by Gasteiger charge is -2.21. The lowest BCUT2D eigenvalue weighted by atomic mass is 9.98. The van der Waals surface area contributed by atoms with Crippen LogP contribution < -0.4 is 10.6 Å². The van der Waals surface area contributed by atoms with Crippen molar-refractivity contribution in [1.29, 1.82) is 0 Å². The van der Waals surface area contributed by atoms with E-state index in [1.54, 1.807) is 6.92 Å². The largest absolute Gasteiger partial charge is 0.481 e. The molecule has 3 rings (SSSR count). The topological polar surface area (TPSA) is 105 Å². The fourth-order valence-electron chi connectivity index (χ4n) is 3.97. The smallest absolute Gasteiger partial charge is 0.407 e. The number of alkyl halides is 2. The van der Waals surface area contributed by atoms with Gasteiger partial charge in [-0.05, 0) is 28.7 Å². The molecule has 2 atom stereocenters. The molecule has 0 spiro atoms. The molecule has 176 valence electrons. The lowest BCUT2D eigenvalue weighted by molar-refractivity contribution is -0.139. The molecule has 2 aromatic rings. The van der Waals surface area contributed by atoms with Gasteiger partial charge in [0.25, 0.3) is 6.43 Å². The van der Waals surface area contributed by atoms with Gasteiger partial charge in [0.2, 0.25) is 5.91 Å². The first-order chi connectivity index (χ1) is 15.8. The Morgan fingerprint density at radius 3 is 2.12 bits per heavy atom. The third-order valence-electron chi connectivity index (χ3n) is 5.73. The van der Waals surface area contributed by atoms with Gasteiger partial charge < -0.3 is 20.5 Å². The van der Waals surface area contributed by atoms with Crippen LogP contribution in [0.2, 0.25) is 0 Å². The highest BCUT2D eigenvalue weighted by Crippen LogP contribution is 2.44. The average Bonchev–Trinajstić information content (AvgIpc) is 3.11. The van der Waals surface area contributed by atoms with Crippen LogP contribution in [-0.2, 0) is 14.3 Å². The number of carboxylic acid groups (broad SMARTS) is 1. The van der Waals surface area contributed by atoms with E-state index < -0.39 is 42.8 Å². The first-order valence-electron chi connectivity index (χ1n) is 10.7. The molecule has 1 aliphatic rings. The Morgan fingerprint density at radius 2 is 1.61 bits per heavy atom. The Labute approximate surface area is 190 Å². The summed E-state index contributed by atoms with van der Waals surface area (Å²) in [6.45, 7) is 1.65. The van der Waals surface area contributed by atoms with Crippen LogP contribution in [-0.4, -0.2) is 48.7 Å².